The predicted octanol–water partition coefficient (Wildman–Crippen LogP) is 2.65. The Bertz CT molecular complexity index is 867. The number of aliphatic hydroxyl groups is 1. The molecule has 0 spiro atoms. The van der Waals surface area contributed by atoms with Crippen molar-refractivity contribution in [2.24, 2.45) is 0 Å². The second kappa shape index (κ2) is 6.94. The Hall–Kier alpha value is -2.86. The van der Waals surface area contributed by atoms with Crippen LogP contribution in [0.3, 0.4) is 0 Å². The van der Waals surface area contributed by atoms with E-state index in [0.717, 1.165) is 10.8 Å². The van der Waals surface area contributed by atoms with Crippen LogP contribution in [0.15, 0.2) is 47.7 Å². The van der Waals surface area contributed by atoms with E-state index in [-0.39, 0.29) is 24.5 Å². The summed E-state index contributed by atoms with van der Waals surface area (Å²) in [5.41, 5.74) is 0.179. The van der Waals surface area contributed by atoms with Gasteiger partial charge < -0.3 is 19.3 Å². The van der Waals surface area contributed by atoms with E-state index in [1.165, 1.54) is 0 Å². The van der Waals surface area contributed by atoms with Crippen LogP contribution in [0.4, 0.5) is 0 Å². The highest BCUT2D eigenvalue weighted by Gasteiger charge is 2.38. The van der Waals surface area contributed by atoms with Gasteiger partial charge >= 0.3 is 11.9 Å². The first-order valence-electron chi connectivity index (χ1n) is 8.04. The molecule has 0 amide bonds. The van der Waals surface area contributed by atoms with E-state index in [1.807, 2.05) is 30.3 Å². The third-order valence-electron chi connectivity index (χ3n) is 3.89. The van der Waals surface area contributed by atoms with Crippen molar-refractivity contribution in [3.05, 3.63) is 53.3 Å². The van der Waals surface area contributed by atoms with Gasteiger partial charge in [-0.1, -0.05) is 30.3 Å². The van der Waals surface area contributed by atoms with Crippen LogP contribution in [0.5, 0.6) is 5.75 Å². The van der Waals surface area contributed by atoms with Gasteiger partial charge in [-0.15, -0.1) is 0 Å². The number of carbonyl (C=O) groups is 2. The average Bonchev–Trinajstić information content (AvgIpc) is 2.61. The lowest BCUT2D eigenvalue weighted by molar-refractivity contribution is -0.145. The maximum absolute atomic E-state index is 12.3. The van der Waals surface area contributed by atoms with E-state index in [9.17, 15) is 14.7 Å². The minimum absolute atomic E-state index is 0.105. The van der Waals surface area contributed by atoms with Crippen molar-refractivity contribution in [2.45, 2.75) is 20.0 Å². The lowest BCUT2D eigenvalue weighted by Gasteiger charge is -2.26. The Labute approximate surface area is 144 Å². The summed E-state index contributed by atoms with van der Waals surface area (Å²) in [6.07, 6.45) is -1.35. The number of hydrogen-bond donors (Lipinski definition) is 1. The summed E-state index contributed by atoms with van der Waals surface area (Å²) in [4.78, 5) is 24.6. The Morgan fingerprint density at radius 1 is 1.04 bits per heavy atom. The zero-order valence-electron chi connectivity index (χ0n) is 13.9. The largest absolute Gasteiger partial charge is 0.462 e. The number of carbonyl (C=O) groups excluding carboxylic acids is 2. The molecule has 0 radical (unpaired) electrons. The minimum Gasteiger partial charge on any atom is -0.462 e. The summed E-state index contributed by atoms with van der Waals surface area (Å²) in [5, 5.41) is 12.5. The standard InChI is InChI=1S/C19H18O6/c1-3-23-18(21)15-16(20)14-12-8-6-5-7-11(12)9-10-13(14)25-17(15)19(22)24-4-2/h5-10,16,20H,3-4H2,1-2H3. The van der Waals surface area contributed by atoms with Gasteiger partial charge in [-0.25, -0.2) is 9.59 Å². The first kappa shape index (κ1) is 17.0. The Morgan fingerprint density at radius 3 is 2.44 bits per heavy atom. The molecule has 3 rings (SSSR count). The molecule has 1 N–H and O–H groups in total. The van der Waals surface area contributed by atoms with Crippen LogP contribution in [0.1, 0.15) is 25.5 Å². The average molecular weight is 342 g/mol. The molecule has 0 bridgehead atoms. The lowest BCUT2D eigenvalue weighted by atomic mass is 9.92. The highest BCUT2D eigenvalue weighted by molar-refractivity contribution is 6.02. The minimum atomic E-state index is -1.35. The van der Waals surface area contributed by atoms with Crippen molar-refractivity contribution < 1.29 is 28.9 Å². The Kier molecular flexibility index (Phi) is 4.72. The zero-order valence-corrected chi connectivity index (χ0v) is 13.9. The smallest absolute Gasteiger partial charge is 0.374 e. The first-order valence-corrected chi connectivity index (χ1v) is 8.04. The first-order chi connectivity index (χ1) is 12.1. The highest BCUT2D eigenvalue weighted by atomic mass is 16.6. The van der Waals surface area contributed by atoms with Gasteiger partial charge in [0.2, 0.25) is 5.76 Å². The van der Waals surface area contributed by atoms with Crippen molar-refractivity contribution in [2.75, 3.05) is 13.2 Å². The van der Waals surface area contributed by atoms with Gasteiger partial charge in [0.15, 0.2) is 0 Å². The van der Waals surface area contributed by atoms with Gasteiger partial charge in [0.25, 0.3) is 0 Å². The molecule has 0 fully saturated rings. The zero-order chi connectivity index (χ0) is 18.0. The maximum atomic E-state index is 12.3. The summed E-state index contributed by atoms with van der Waals surface area (Å²) in [6, 6.07) is 10.9. The molecule has 0 saturated heterocycles. The number of rotatable bonds is 4. The molecule has 0 saturated carbocycles. The molecule has 1 unspecified atom stereocenters. The molecule has 0 aromatic heterocycles. The van der Waals surface area contributed by atoms with Crippen LogP contribution >= 0.6 is 0 Å². The number of fused-ring (bicyclic) bond motifs is 3. The van der Waals surface area contributed by atoms with Crippen molar-refractivity contribution in [1.29, 1.82) is 0 Å². The van der Waals surface area contributed by atoms with Crippen LogP contribution in [-0.2, 0) is 19.1 Å². The van der Waals surface area contributed by atoms with Gasteiger partial charge in [-0.2, -0.15) is 0 Å². The van der Waals surface area contributed by atoms with Crippen LogP contribution in [-0.4, -0.2) is 30.3 Å². The third-order valence-corrected chi connectivity index (χ3v) is 3.89. The molecule has 25 heavy (non-hydrogen) atoms. The summed E-state index contributed by atoms with van der Waals surface area (Å²) in [6.45, 7) is 3.50. The van der Waals surface area contributed by atoms with Crippen LogP contribution in [0, 0.1) is 0 Å². The fourth-order valence-electron chi connectivity index (χ4n) is 2.84. The van der Waals surface area contributed by atoms with Gasteiger partial charge in [0, 0.05) is 5.56 Å². The van der Waals surface area contributed by atoms with E-state index < -0.39 is 18.0 Å². The quantitative estimate of drug-likeness (QED) is 0.860. The molecule has 2 aromatic rings. The third kappa shape index (κ3) is 2.96. The van der Waals surface area contributed by atoms with Crippen molar-refractivity contribution in [3.63, 3.8) is 0 Å². The SMILES string of the molecule is CCOC(=O)C1=C(C(=O)OCC)C(O)c2c(ccc3ccccc23)O1. The number of aliphatic hydroxyl groups excluding tert-OH is 1. The highest BCUT2D eigenvalue weighted by Crippen LogP contribution is 2.42. The van der Waals surface area contributed by atoms with Gasteiger partial charge in [-0.05, 0) is 30.7 Å². The summed E-state index contributed by atoms with van der Waals surface area (Å²) < 4.78 is 15.6. The number of ether oxygens (including phenoxy) is 3. The molecule has 2 aromatic carbocycles. The normalized spacial score (nSPS) is 16.2. The molecule has 1 aliphatic heterocycles. The Balaban J connectivity index is 2.18. The lowest BCUT2D eigenvalue weighted by Crippen LogP contribution is -2.28. The van der Waals surface area contributed by atoms with E-state index in [0.29, 0.717) is 11.3 Å². The van der Waals surface area contributed by atoms with Gasteiger partial charge in [0.1, 0.15) is 17.4 Å². The second-order valence-corrected chi connectivity index (χ2v) is 5.39. The topological polar surface area (TPSA) is 82.1 Å². The van der Waals surface area contributed by atoms with Crippen molar-refractivity contribution in [1.82, 2.24) is 0 Å². The fourth-order valence-corrected chi connectivity index (χ4v) is 2.84. The molecular formula is C19H18O6. The molecule has 1 aliphatic rings. The van der Waals surface area contributed by atoms with Gasteiger partial charge in [-0.3, -0.25) is 0 Å². The number of esters is 2. The number of benzene rings is 2. The molecular weight excluding hydrogens is 324 g/mol. The molecule has 6 heteroatoms. The van der Waals surface area contributed by atoms with Crippen LogP contribution in [0.2, 0.25) is 0 Å². The monoisotopic (exact) mass is 342 g/mol. The molecule has 1 heterocycles. The summed E-state index contributed by atoms with van der Waals surface area (Å²) >= 11 is 0. The van der Waals surface area contributed by atoms with E-state index in [2.05, 4.69) is 0 Å². The van der Waals surface area contributed by atoms with Gasteiger partial charge in [0.05, 0.1) is 13.2 Å². The number of hydrogen-bond acceptors (Lipinski definition) is 6. The van der Waals surface area contributed by atoms with E-state index in [1.54, 1.807) is 19.9 Å². The molecule has 0 aliphatic carbocycles. The summed E-state index contributed by atoms with van der Waals surface area (Å²) in [7, 11) is 0. The second-order valence-electron chi connectivity index (χ2n) is 5.39. The molecule has 1 atom stereocenters. The summed E-state index contributed by atoms with van der Waals surface area (Å²) in [5.74, 6) is -1.65. The van der Waals surface area contributed by atoms with E-state index in [4.69, 9.17) is 14.2 Å². The molecule has 130 valence electrons. The molecule has 6 nitrogen and oxygen atoms in total. The maximum Gasteiger partial charge on any atom is 0.374 e. The van der Waals surface area contributed by atoms with Crippen molar-refractivity contribution in [3.8, 4) is 5.75 Å². The van der Waals surface area contributed by atoms with Crippen LogP contribution in [0.25, 0.3) is 10.8 Å². The predicted molar refractivity (Wildman–Crippen MR) is 89.8 cm³/mol. The fraction of sp³-hybridized carbons (Fsp3) is 0.263. The van der Waals surface area contributed by atoms with E-state index >= 15 is 0 Å². The van der Waals surface area contributed by atoms with Crippen LogP contribution < -0.4 is 4.74 Å². The Morgan fingerprint density at radius 2 is 1.72 bits per heavy atom. The van der Waals surface area contributed by atoms with Crippen molar-refractivity contribution >= 4 is 22.7 Å².